The highest BCUT2D eigenvalue weighted by Crippen LogP contribution is 2.39. The molecule has 1 amide bonds. The van der Waals surface area contributed by atoms with Gasteiger partial charge in [-0.1, -0.05) is 30.3 Å². The lowest BCUT2D eigenvalue weighted by atomic mass is 10.0. The Balaban J connectivity index is 1.59. The van der Waals surface area contributed by atoms with Crippen LogP contribution in [-0.4, -0.2) is 34.6 Å². The second-order valence-corrected chi connectivity index (χ2v) is 7.18. The van der Waals surface area contributed by atoms with Gasteiger partial charge in [-0.15, -0.1) is 0 Å². The number of carbonyl (C=O) groups excluding carboxylic acids is 1. The third-order valence-corrected chi connectivity index (χ3v) is 5.63. The number of fused-ring (bicyclic) bond motifs is 2. The highest BCUT2D eigenvalue weighted by Gasteiger charge is 2.45. The second kappa shape index (κ2) is 5.99. The van der Waals surface area contributed by atoms with Crippen molar-refractivity contribution in [2.24, 2.45) is 0 Å². The van der Waals surface area contributed by atoms with E-state index < -0.39 is 0 Å². The number of ether oxygens (including phenoxy) is 1. The van der Waals surface area contributed by atoms with Gasteiger partial charge >= 0.3 is 0 Å². The van der Waals surface area contributed by atoms with Crippen molar-refractivity contribution in [3.05, 3.63) is 63.6 Å². The van der Waals surface area contributed by atoms with E-state index in [0.29, 0.717) is 5.69 Å². The van der Waals surface area contributed by atoms with Crippen LogP contribution in [0.5, 0.6) is 5.75 Å². The molecule has 0 bridgehead atoms. The Morgan fingerprint density at radius 1 is 1.19 bits per heavy atom. The van der Waals surface area contributed by atoms with Gasteiger partial charge in [-0.25, -0.2) is 0 Å². The van der Waals surface area contributed by atoms with E-state index in [0.717, 1.165) is 43.6 Å². The molecule has 0 aliphatic carbocycles. The van der Waals surface area contributed by atoms with Crippen LogP contribution in [0.15, 0.2) is 41.2 Å². The van der Waals surface area contributed by atoms with Crippen LogP contribution in [0.25, 0.3) is 0 Å². The predicted molar refractivity (Wildman–Crippen MR) is 96.3 cm³/mol. The minimum absolute atomic E-state index is 0.0227. The minimum atomic E-state index is -0.195. The van der Waals surface area contributed by atoms with Gasteiger partial charge in [0.25, 0.3) is 5.91 Å². The Kier molecular flexibility index (Phi) is 3.60. The Bertz CT molecular complexity index is 922. The molecule has 0 radical (unpaired) electrons. The number of amides is 1. The van der Waals surface area contributed by atoms with E-state index in [1.165, 1.54) is 0 Å². The molecule has 1 N–H and O–H groups in total. The third-order valence-electron chi connectivity index (χ3n) is 5.63. The number of hydrogen-bond acceptors (Lipinski definition) is 4. The molecular formula is C20H21N3O3. The lowest BCUT2D eigenvalue weighted by Gasteiger charge is -2.45. The summed E-state index contributed by atoms with van der Waals surface area (Å²) in [5.41, 5.74) is 2.16. The van der Waals surface area contributed by atoms with Crippen LogP contribution in [0.3, 0.4) is 0 Å². The quantitative estimate of drug-likeness (QED) is 0.914. The summed E-state index contributed by atoms with van der Waals surface area (Å²) < 4.78 is 7.96. The highest BCUT2D eigenvalue weighted by molar-refractivity contribution is 5.96. The smallest absolute Gasteiger partial charge is 0.275 e. The molecule has 5 rings (SSSR count). The van der Waals surface area contributed by atoms with Crippen LogP contribution in [0, 0.1) is 0 Å². The van der Waals surface area contributed by atoms with Gasteiger partial charge in [0.05, 0.1) is 6.04 Å². The van der Waals surface area contributed by atoms with Gasteiger partial charge in [-0.05, 0) is 31.4 Å². The lowest BCUT2D eigenvalue weighted by Crippen LogP contribution is -2.60. The van der Waals surface area contributed by atoms with Crippen LogP contribution >= 0.6 is 0 Å². The van der Waals surface area contributed by atoms with Gasteiger partial charge in [-0.3, -0.25) is 14.9 Å². The van der Waals surface area contributed by atoms with Crippen molar-refractivity contribution in [2.45, 2.75) is 38.1 Å². The topological polar surface area (TPSA) is 63.6 Å². The number of rotatable bonds is 3. The maximum atomic E-state index is 13.2. The second-order valence-electron chi connectivity index (χ2n) is 7.18. The van der Waals surface area contributed by atoms with Crippen LogP contribution in [-0.2, 0) is 13.0 Å². The molecule has 2 unspecified atom stereocenters. The van der Waals surface area contributed by atoms with Crippen LogP contribution < -0.4 is 15.5 Å². The lowest BCUT2D eigenvalue weighted by molar-refractivity contribution is 0.0365. The summed E-state index contributed by atoms with van der Waals surface area (Å²) in [6, 6.07) is 11.5. The van der Waals surface area contributed by atoms with E-state index in [1.54, 1.807) is 6.07 Å². The van der Waals surface area contributed by atoms with E-state index in [2.05, 4.69) is 9.88 Å². The molecule has 6 nitrogen and oxygen atoms in total. The van der Waals surface area contributed by atoms with Gasteiger partial charge in [0.15, 0.2) is 11.4 Å². The number of aryl methyl sites for hydroxylation is 1. The van der Waals surface area contributed by atoms with Crippen molar-refractivity contribution >= 4 is 5.91 Å². The van der Waals surface area contributed by atoms with Crippen LogP contribution in [0.1, 0.15) is 40.6 Å². The van der Waals surface area contributed by atoms with E-state index in [9.17, 15) is 9.59 Å². The molecule has 3 aliphatic rings. The van der Waals surface area contributed by atoms with Gasteiger partial charge in [-0.2, -0.15) is 0 Å². The highest BCUT2D eigenvalue weighted by atomic mass is 16.5. The fourth-order valence-corrected chi connectivity index (χ4v) is 4.48. The molecule has 2 aromatic rings. The molecular weight excluding hydrogens is 330 g/mol. The largest absolute Gasteiger partial charge is 0.483 e. The zero-order valence-corrected chi connectivity index (χ0v) is 14.5. The van der Waals surface area contributed by atoms with Gasteiger partial charge in [0.1, 0.15) is 12.8 Å². The van der Waals surface area contributed by atoms with E-state index in [4.69, 9.17) is 4.74 Å². The van der Waals surface area contributed by atoms with E-state index >= 15 is 0 Å². The number of nitrogens with zero attached hydrogens (tertiary/aromatic N) is 2. The molecule has 3 aliphatic heterocycles. The molecule has 1 aromatic heterocycles. The first-order valence-electron chi connectivity index (χ1n) is 9.23. The van der Waals surface area contributed by atoms with Gasteiger partial charge < -0.3 is 14.2 Å². The molecule has 0 saturated carbocycles. The Hall–Kier alpha value is -2.60. The van der Waals surface area contributed by atoms with Crippen molar-refractivity contribution in [1.29, 1.82) is 0 Å². The molecule has 1 fully saturated rings. The van der Waals surface area contributed by atoms with Crippen molar-refractivity contribution in [2.75, 3.05) is 13.1 Å². The normalized spacial score (nSPS) is 23.5. The maximum absolute atomic E-state index is 13.2. The third kappa shape index (κ3) is 2.29. The first-order chi connectivity index (χ1) is 12.7. The Morgan fingerprint density at radius 3 is 2.88 bits per heavy atom. The monoisotopic (exact) mass is 351 g/mol. The summed E-state index contributed by atoms with van der Waals surface area (Å²) >= 11 is 0. The molecule has 6 heteroatoms. The molecule has 1 saturated heterocycles. The summed E-state index contributed by atoms with van der Waals surface area (Å²) in [6.45, 7) is 1.93. The minimum Gasteiger partial charge on any atom is -0.483 e. The number of carbonyl (C=O) groups is 1. The van der Waals surface area contributed by atoms with Gasteiger partial charge in [0.2, 0.25) is 5.43 Å². The molecule has 4 heterocycles. The molecule has 0 spiro atoms. The average Bonchev–Trinajstić information content (AvgIpc) is 3.09. The van der Waals surface area contributed by atoms with Crippen molar-refractivity contribution in [1.82, 2.24) is 14.8 Å². The first-order valence-corrected chi connectivity index (χ1v) is 9.23. The number of aromatic nitrogens is 1. The fraction of sp³-hybridized carbons (Fsp3) is 0.400. The van der Waals surface area contributed by atoms with Crippen LogP contribution in [0.2, 0.25) is 0 Å². The number of hydrogen-bond donors (Lipinski definition) is 1. The Morgan fingerprint density at radius 2 is 2.04 bits per heavy atom. The predicted octanol–water partition coefficient (Wildman–Crippen LogP) is 1.69. The SMILES string of the molecule is O=C1c2c(OCc3ccccc3)c(=O)cc3n2C(CC3)C2NCCCN12. The standard InChI is InChI=1S/C20H21N3O3/c24-16-11-14-7-8-15-19-21-9-4-10-22(19)20(25)17(23(14)15)18(16)26-12-13-5-2-1-3-6-13/h1-3,5-6,11,15,19,21H,4,7-10,12H2. The molecule has 26 heavy (non-hydrogen) atoms. The summed E-state index contributed by atoms with van der Waals surface area (Å²) in [6.07, 6.45) is 2.72. The van der Waals surface area contributed by atoms with Crippen LogP contribution in [0.4, 0.5) is 0 Å². The van der Waals surface area contributed by atoms with Crippen molar-refractivity contribution < 1.29 is 9.53 Å². The number of benzene rings is 1. The van der Waals surface area contributed by atoms with E-state index in [-0.39, 0.29) is 35.9 Å². The number of nitrogens with one attached hydrogen (secondary N) is 1. The number of pyridine rings is 1. The zero-order chi connectivity index (χ0) is 17.7. The van der Waals surface area contributed by atoms with Crippen molar-refractivity contribution in [3.63, 3.8) is 0 Å². The fourth-order valence-electron chi connectivity index (χ4n) is 4.48. The average molecular weight is 351 g/mol. The summed E-state index contributed by atoms with van der Waals surface area (Å²) in [5.74, 6) is 0.0980. The molecule has 1 aromatic carbocycles. The summed E-state index contributed by atoms with van der Waals surface area (Å²) in [4.78, 5) is 27.8. The summed E-state index contributed by atoms with van der Waals surface area (Å²) in [7, 11) is 0. The zero-order valence-electron chi connectivity index (χ0n) is 14.5. The maximum Gasteiger partial charge on any atom is 0.275 e. The first kappa shape index (κ1) is 15.6. The van der Waals surface area contributed by atoms with Gasteiger partial charge in [0, 0.05) is 18.3 Å². The Labute approximate surface area is 151 Å². The molecule has 134 valence electrons. The van der Waals surface area contributed by atoms with E-state index in [1.807, 2.05) is 35.2 Å². The summed E-state index contributed by atoms with van der Waals surface area (Å²) in [5, 5.41) is 3.48. The molecule has 2 atom stereocenters. The van der Waals surface area contributed by atoms with Crippen molar-refractivity contribution in [3.8, 4) is 5.75 Å².